The van der Waals surface area contributed by atoms with Gasteiger partial charge in [-0.05, 0) is 29.8 Å². The van der Waals surface area contributed by atoms with E-state index in [0.29, 0.717) is 6.61 Å². The zero-order valence-electron chi connectivity index (χ0n) is 10.4. The first-order valence-electron chi connectivity index (χ1n) is 5.87. The van der Waals surface area contributed by atoms with Gasteiger partial charge in [-0.3, -0.25) is 0 Å². The van der Waals surface area contributed by atoms with Crippen LogP contribution in [-0.2, 0) is 6.61 Å². The fraction of sp³-hybridized carbons (Fsp3) is 0.200. The van der Waals surface area contributed by atoms with E-state index >= 15 is 0 Å². The van der Waals surface area contributed by atoms with E-state index < -0.39 is 0 Å². The van der Waals surface area contributed by atoms with Gasteiger partial charge in [-0.15, -0.1) is 0 Å². The van der Waals surface area contributed by atoms with Crippen LogP contribution < -0.4 is 10.5 Å². The zero-order chi connectivity index (χ0) is 12.5. The van der Waals surface area contributed by atoms with Crippen LogP contribution in [0.4, 0.5) is 5.69 Å². The van der Waals surface area contributed by atoms with Gasteiger partial charge in [0.05, 0.1) is 0 Å². The predicted molar refractivity (Wildman–Crippen MR) is 75.1 cm³/mol. The van der Waals surface area contributed by atoms with Crippen LogP contribution in [0.1, 0.15) is 20.8 Å². The number of nitrogen functional groups attached to an aromatic ring is 1. The van der Waals surface area contributed by atoms with Crippen molar-refractivity contribution in [3.8, 4) is 5.75 Å². The maximum absolute atomic E-state index is 5.59. The van der Waals surface area contributed by atoms with Crippen molar-refractivity contribution in [1.82, 2.24) is 0 Å². The Bertz CT molecular complexity index is 414. The standard InChI is InChI=1S/C13H13NO.C2H6.H2/c14-12-6-8-13(9-7-12)15-10-11-4-2-1-3-5-11;1-2;/h1-9H,10,14H2;1-2H3;1H. The molecule has 0 aliphatic carbocycles. The summed E-state index contributed by atoms with van der Waals surface area (Å²) in [7, 11) is 0. The van der Waals surface area contributed by atoms with Crippen molar-refractivity contribution in [2.45, 2.75) is 20.5 Å². The highest BCUT2D eigenvalue weighted by Crippen LogP contribution is 2.14. The van der Waals surface area contributed by atoms with E-state index in [2.05, 4.69) is 0 Å². The lowest BCUT2D eigenvalue weighted by Crippen LogP contribution is -1.95. The Labute approximate surface area is 105 Å². The fourth-order valence-corrected chi connectivity index (χ4v) is 1.30. The molecule has 0 fully saturated rings. The van der Waals surface area contributed by atoms with Gasteiger partial charge in [-0.1, -0.05) is 44.2 Å². The smallest absolute Gasteiger partial charge is 0.119 e. The normalized spacial score (nSPS) is 9.06. The highest BCUT2D eigenvalue weighted by Gasteiger charge is 1.94. The van der Waals surface area contributed by atoms with Crippen molar-refractivity contribution in [3.63, 3.8) is 0 Å². The van der Waals surface area contributed by atoms with Gasteiger partial charge in [0.2, 0.25) is 0 Å². The molecule has 0 spiro atoms. The summed E-state index contributed by atoms with van der Waals surface area (Å²) >= 11 is 0. The van der Waals surface area contributed by atoms with Crippen molar-refractivity contribution in [2.24, 2.45) is 0 Å². The molecule has 2 heteroatoms. The molecular weight excluding hydrogens is 210 g/mol. The molecule has 2 N–H and O–H groups in total. The lowest BCUT2D eigenvalue weighted by molar-refractivity contribution is 0.306. The van der Waals surface area contributed by atoms with Gasteiger partial charge >= 0.3 is 0 Å². The summed E-state index contributed by atoms with van der Waals surface area (Å²) in [6.45, 7) is 4.59. The minimum absolute atomic E-state index is 0. The molecule has 0 saturated carbocycles. The van der Waals surface area contributed by atoms with E-state index in [4.69, 9.17) is 10.5 Å². The van der Waals surface area contributed by atoms with Crippen molar-refractivity contribution in [2.75, 3.05) is 5.73 Å². The summed E-state index contributed by atoms with van der Waals surface area (Å²) in [6, 6.07) is 17.5. The molecular formula is C15H21NO. The monoisotopic (exact) mass is 231 g/mol. The van der Waals surface area contributed by atoms with Crippen LogP contribution in [0.3, 0.4) is 0 Å². The van der Waals surface area contributed by atoms with Crippen molar-refractivity contribution in [1.29, 1.82) is 0 Å². The summed E-state index contributed by atoms with van der Waals surface area (Å²) in [4.78, 5) is 0. The molecule has 92 valence electrons. The molecule has 2 aromatic rings. The van der Waals surface area contributed by atoms with Gasteiger partial charge in [0, 0.05) is 7.11 Å². The van der Waals surface area contributed by atoms with E-state index in [9.17, 15) is 0 Å². The molecule has 0 radical (unpaired) electrons. The van der Waals surface area contributed by atoms with Crippen molar-refractivity contribution >= 4 is 5.69 Å². The van der Waals surface area contributed by atoms with Crippen LogP contribution in [0.25, 0.3) is 0 Å². The number of ether oxygens (including phenoxy) is 1. The van der Waals surface area contributed by atoms with Gasteiger partial charge in [-0.2, -0.15) is 0 Å². The first-order chi connectivity index (χ1) is 8.34. The third-order valence-electron chi connectivity index (χ3n) is 2.13. The summed E-state index contributed by atoms with van der Waals surface area (Å²) < 4.78 is 5.59. The highest BCUT2D eigenvalue weighted by atomic mass is 16.5. The first-order valence-corrected chi connectivity index (χ1v) is 5.87. The highest BCUT2D eigenvalue weighted by molar-refractivity contribution is 5.41. The Morgan fingerprint density at radius 1 is 0.941 bits per heavy atom. The van der Waals surface area contributed by atoms with Crippen molar-refractivity contribution < 1.29 is 6.16 Å². The Morgan fingerprint density at radius 3 is 2.12 bits per heavy atom. The van der Waals surface area contributed by atoms with E-state index in [1.807, 2.05) is 68.4 Å². The second-order valence-corrected chi connectivity index (χ2v) is 3.34. The van der Waals surface area contributed by atoms with Crippen LogP contribution in [0.2, 0.25) is 0 Å². The van der Waals surface area contributed by atoms with Crippen LogP contribution in [0, 0.1) is 0 Å². The maximum Gasteiger partial charge on any atom is 0.119 e. The number of nitrogens with two attached hydrogens (primary N) is 1. The molecule has 0 heterocycles. The van der Waals surface area contributed by atoms with Crippen LogP contribution in [0.5, 0.6) is 5.75 Å². The molecule has 0 amide bonds. The van der Waals surface area contributed by atoms with Gasteiger partial charge in [-0.25, -0.2) is 0 Å². The van der Waals surface area contributed by atoms with Gasteiger partial charge in [0.25, 0.3) is 0 Å². The third-order valence-corrected chi connectivity index (χ3v) is 2.13. The van der Waals surface area contributed by atoms with Gasteiger partial charge < -0.3 is 10.5 Å². The molecule has 2 rings (SSSR count). The average molecular weight is 231 g/mol. The third kappa shape index (κ3) is 4.60. The molecule has 2 nitrogen and oxygen atoms in total. The summed E-state index contributed by atoms with van der Waals surface area (Å²) in [5, 5.41) is 0. The number of hydrogen-bond donors (Lipinski definition) is 1. The average Bonchev–Trinajstić information content (AvgIpc) is 2.42. The van der Waals surface area contributed by atoms with Gasteiger partial charge in [0.15, 0.2) is 0 Å². The van der Waals surface area contributed by atoms with E-state index in [0.717, 1.165) is 17.0 Å². The molecule has 0 aromatic heterocycles. The lowest BCUT2D eigenvalue weighted by Gasteiger charge is -2.05. The maximum atomic E-state index is 5.59. The molecule has 0 atom stereocenters. The number of anilines is 1. The van der Waals surface area contributed by atoms with E-state index in [-0.39, 0.29) is 1.43 Å². The number of benzene rings is 2. The predicted octanol–water partition coefficient (Wildman–Crippen LogP) is 4.12. The zero-order valence-corrected chi connectivity index (χ0v) is 10.4. The van der Waals surface area contributed by atoms with Crippen LogP contribution in [-0.4, -0.2) is 0 Å². The van der Waals surface area contributed by atoms with Gasteiger partial charge in [0.1, 0.15) is 12.4 Å². The number of rotatable bonds is 3. The summed E-state index contributed by atoms with van der Waals surface area (Å²) in [6.07, 6.45) is 0. The molecule has 0 aliphatic rings. The van der Waals surface area contributed by atoms with Crippen LogP contribution >= 0.6 is 0 Å². The SMILES string of the molecule is CC.Nc1ccc(OCc2ccccc2)cc1.[HH]. The van der Waals surface area contributed by atoms with E-state index in [1.165, 1.54) is 0 Å². The largest absolute Gasteiger partial charge is 0.489 e. The minimum atomic E-state index is 0. The Kier molecular flexibility index (Phi) is 5.66. The fourth-order valence-electron chi connectivity index (χ4n) is 1.30. The summed E-state index contributed by atoms with van der Waals surface area (Å²) in [5.41, 5.74) is 7.49. The first kappa shape index (κ1) is 13.1. The lowest BCUT2D eigenvalue weighted by atomic mass is 10.2. The molecule has 2 aromatic carbocycles. The summed E-state index contributed by atoms with van der Waals surface area (Å²) in [5.74, 6) is 0.841. The van der Waals surface area contributed by atoms with Crippen LogP contribution in [0.15, 0.2) is 54.6 Å². The molecule has 0 aliphatic heterocycles. The quantitative estimate of drug-likeness (QED) is 0.806. The Balaban J connectivity index is 0.000000917. The molecule has 17 heavy (non-hydrogen) atoms. The second-order valence-electron chi connectivity index (χ2n) is 3.34. The minimum Gasteiger partial charge on any atom is -0.489 e. The molecule has 0 bridgehead atoms. The Hall–Kier alpha value is -1.96. The second kappa shape index (κ2) is 7.34. The molecule has 0 saturated heterocycles. The van der Waals surface area contributed by atoms with E-state index in [1.54, 1.807) is 0 Å². The van der Waals surface area contributed by atoms with Crippen molar-refractivity contribution in [3.05, 3.63) is 60.2 Å². The Morgan fingerprint density at radius 2 is 1.53 bits per heavy atom. The molecule has 0 unspecified atom stereocenters. The topological polar surface area (TPSA) is 35.2 Å². The number of hydrogen-bond acceptors (Lipinski definition) is 2.